The Morgan fingerprint density at radius 3 is 2.45 bits per heavy atom. The fourth-order valence-corrected chi connectivity index (χ4v) is 1.97. The van der Waals surface area contributed by atoms with Crippen molar-refractivity contribution >= 4 is 11.5 Å². The van der Waals surface area contributed by atoms with Crippen molar-refractivity contribution in [3.05, 3.63) is 59.3 Å². The summed E-state index contributed by atoms with van der Waals surface area (Å²) in [6, 6.07) is 6.74. The largest absolute Gasteiger partial charge is 0.295 e. The van der Waals surface area contributed by atoms with Crippen molar-refractivity contribution < 1.29 is 15.0 Å². The number of nitrogens with zero attached hydrogens (tertiary/aromatic N) is 1. The van der Waals surface area contributed by atoms with E-state index in [1.165, 1.54) is 13.0 Å². The Morgan fingerprint density at radius 2 is 1.95 bits per heavy atom. The van der Waals surface area contributed by atoms with E-state index in [1.54, 1.807) is 24.3 Å². The zero-order valence-electron chi connectivity index (χ0n) is 11.4. The zero-order valence-corrected chi connectivity index (χ0v) is 11.4. The third kappa shape index (κ3) is 2.90. The van der Waals surface area contributed by atoms with Gasteiger partial charge in [0.2, 0.25) is 0 Å². The fourth-order valence-electron chi connectivity index (χ4n) is 1.97. The van der Waals surface area contributed by atoms with Gasteiger partial charge in [-0.25, -0.2) is 4.99 Å². The van der Waals surface area contributed by atoms with Crippen LogP contribution in [-0.4, -0.2) is 17.4 Å². The average Bonchev–Trinajstić information content (AvgIpc) is 2.38. The molecule has 1 aliphatic heterocycles. The van der Waals surface area contributed by atoms with Gasteiger partial charge in [-0.1, -0.05) is 36.9 Å². The van der Waals surface area contributed by atoms with Crippen LogP contribution in [0.3, 0.4) is 0 Å². The molecule has 0 unspecified atom stereocenters. The number of alkyl halides is 2. The number of ketones is 1. The Hall–Kier alpha value is -2.10. The summed E-state index contributed by atoms with van der Waals surface area (Å²) in [5, 5.41) is 0. The molecular formula is C16H17F2NO. The fraction of sp³-hybridized carbons (Fsp3) is 0.250. The van der Waals surface area contributed by atoms with Crippen LogP contribution in [0.1, 0.15) is 37.6 Å². The van der Waals surface area contributed by atoms with E-state index >= 15 is 0 Å². The molecule has 1 aliphatic rings. The van der Waals surface area contributed by atoms with Crippen LogP contribution in [-0.2, 0) is 0 Å². The van der Waals surface area contributed by atoms with Gasteiger partial charge in [0.25, 0.3) is 5.92 Å². The standard InChI is InChI=1S/C16H15F2NO.H2/c1-10-4-9-14(16(3,17)18)19-15(10)13-7-5-12(6-8-13)11(2)20;/h5-9H,1,4H2,2-3H3;1H. The van der Waals surface area contributed by atoms with E-state index in [4.69, 9.17) is 0 Å². The molecule has 2 nitrogen and oxygen atoms in total. The lowest BCUT2D eigenvalue weighted by Gasteiger charge is -2.19. The number of benzene rings is 1. The maximum absolute atomic E-state index is 13.3. The minimum atomic E-state index is -2.97. The second kappa shape index (κ2) is 5.12. The molecule has 0 radical (unpaired) electrons. The van der Waals surface area contributed by atoms with E-state index in [1.807, 2.05) is 0 Å². The van der Waals surface area contributed by atoms with Crippen molar-refractivity contribution in [2.45, 2.75) is 26.2 Å². The van der Waals surface area contributed by atoms with Gasteiger partial charge in [0.15, 0.2) is 5.78 Å². The van der Waals surface area contributed by atoms with Crippen molar-refractivity contribution in [1.29, 1.82) is 0 Å². The predicted octanol–water partition coefficient (Wildman–Crippen LogP) is 4.42. The van der Waals surface area contributed by atoms with Crippen LogP contribution < -0.4 is 0 Å². The molecule has 0 aliphatic carbocycles. The van der Waals surface area contributed by atoms with Crippen molar-refractivity contribution in [3.8, 4) is 0 Å². The lowest BCUT2D eigenvalue weighted by atomic mass is 9.96. The quantitative estimate of drug-likeness (QED) is 0.752. The molecule has 20 heavy (non-hydrogen) atoms. The summed E-state index contributed by atoms with van der Waals surface area (Å²) in [5.74, 6) is -3.01. The van der Waals surface area contributed by atoms with Gasteiger partial charge in [-0.2, -0.15) is 8.78 Å². The molecule has 0 atom stereocenters. The highest BCUT2D eigenvalue weighted by Crippen LogP contribution is 2.30. The highest BCUT2D eigenvalue weighted by atomic mass is 19.3. The Kier molecular flexibility index (Phi) is 3.66. The molecule has 0 spiro atoms. The molecule has 0 amide bonds. The molecule has 1 aromatic carbocycles. The molecule has 0 bridgehead atoms. The molecule has 2 rings (SSSR count). The van der Waals surface area contributed by atoms with Gasteiger partial charge in [-0.3, -0.25) is 4.79 Å². The summed E-state index contributed by atoms with van der Waals surface area (Å²) >= 11 is 0. The minimum absolute atomic E-state index is 0. The van der Waals surface area contributed by atoms with Gasteiger partial charge < -0.3 is 0 Å². The Bertz CT molecular complexity index is 625. The lowest BCUT2D eigenvalue weighted by molar-refractivity contribution is 0.0616. The van der Waals surface area contributed by atoms with E-state index < -0.39 is 5.92 Å². The van der Waals surface area contributed by atoms with Gasteiger partial charge in [0.05, 0.1) is 5.71 Å². The number of Topliss-reactive ketones (excluding diaryl/α,β-unsaturated/α-hetero) is 1. The van der Waals surface area contributed by atoms with Crippen LogP contribution in [0.15, 0.2) is 53.2 Å². The number of hydrogen-bond acceptors (Lipinski definition) is 2. The van der Waals surface area contributed by atoms with E-state index in [0.29, 0.717) is 28.8 Å². The average molecular weight is 277 g/mol. The first kappa shape index (κ1) is 14.3. The molecule has 0 aromatic heterocycles. The molecule has 0 saturated heterocycles. The first-order valence-corrected chi connectivity index (χ1v) is 6.25. The molecular weight excluding hydrogens is 260 g/mol. The highest BCUT2D eigenvalue weighted by molar-refractivity contribution is 6.13. The highest BCUT2D eigenvalue weighted by Gasteiger charge is 2.30. The third-order valence-electron chi connectivity index (χ3n) is 3.12. The second-order valence-corrected chi connectivity index (χ2v) is 4.88. The van der Waals surface area contributed by atoms with E-state index in [-0.39, 0.29) is 12.9 Å². The number of aliphatic imine (C=N–C) groups is 1. The smallest absolute Gasteiger partial charge is 0.286 e. The molecule has 1 aromatic rings. The molecule has 106 valence electrons. The minimum Gasteiger partial charge on any atom is -0.295 e. The van der Waals surface area contributed by atoms with Gasteiger partial charge in [-0.05, 0) is 18.9 Å². The van der Waals surface area contributed by atoms with Gasteiger partial charge >= 0.3 is 0 Å². The summed E-state index contributed by atoms with van der Waals surface area (Å²) in [5.41, 5.74) is 2.17. The molecule has 1 heterocycles. The second-order valence-electron chi connectivity index (χ2n) is 4.88. The predicted molar refractivity (Wildman–Crippen MR) is 77.6 cm³/mol. The van der Waals surface area contributed by atoms with E-state index in [0.717, 1.165) is 6.92 Å². The molecule has 0 saturated carbocycles. The van der Waals surface area contributed by atoms with Crippen LogP contribution in [0.4, 0.5) is 8.78 Å². The Labute approximate surface area is 118 Å². The van der Waals surface area contributed by atoms with Crippen molar-refractivity contribution in [2.75, 3.05) is 0 Å². The number of carbonyl (C=O) groups is 1. The number of carbonyl (C=O) groups excluding carboxylic acids is 1. The summed E-state index contributed by atoms with van der Waals surface area (Å²) in [6.07, 6.45) is 1.75. The molecule has 4 heteroatoms. The summed E-state index contributed by atoms with van der Waals surface area (Å²) in [6.45, 7) is 6.16. The number of rotatable bonds is 3. The SMILES string of the molecule is C=C1CC=C(C(C)(F)F)N=C1c1ccc(C(C)=O)cc1.[HH]. The number of hydrogen-bond donors (Lipinski definition) is 0. The van der Waals surface area contributed by atoms with Crippen LogP contribution in [0.2, 0.25) is 0 Å². The zero-order chi connectivity index (χ0) is 14.9. The summed E-state index contributed by atoms with van der Waals surface area (Å²) < 4.78 is 26.7. The first-order chi connectivity index (χ1) is 9.29. The van der Waals surface area contributed by atoms with E-state index in [2.05, 4.69) is 11.6 Å². The maximum Gasteiger partial charge on any atom is 0.286 e. The maximum atomic E-state index is 13.3. The number of halogens is 2. The van der Waals surface area contributed by atoms with Crippen molar-refractivity contribution in [2.24, 2.45) is 4.99 Å². The topological polar surface area (TPSA) is 29.4 Å². The van der Waals surface area contributed by atoms with Gasteiger partial charge in [0.1, 0.15) is 5.70 Å². The van der Waals surface area contributed by atoms with Crippen molar-refractivity contribution in [1.82, 2.24) is 0 Å². The Balaban J connectivity index is 0.00000220. The summed E-state index contributed by atoms with van der Waals surface area (Å²) in [4.78, 5) is 15.2. The lowest BCUT2D eigenvalue weighted by Crippen LogP contribution is -2.18. The molecule has 0 fully saturated rings. The van der Waals surface area contributed by atoms with Gasteiger partial charge in [0, 0.05) is 19.5 Å². The van der Waals surface area contributed by atoms with Crippen LogP contribution >= 0.6 is 0 Å². The molecule has 0 N–H and O–H groups in total. The Morgan fingerprint density at radius 1 is 1.35 bits per heavy atom. The monoisotopic (exact) mass is 277 g/mol. The van der Waals surface area contributed by atoms with Crippen LogP contribution in [0.5, 0.6) is 0 Å². The van der Waals surface area contributed by atoms with Crippen LogP contribution in [0.25, 0.3) is 0 Å². The van der Waals surface area contributed by atoms with Crippen molar-refractivity contribution in [3.63, 3.8) is 0 Å². The van der Waals surface area contributed by atoms with Crippen LogP contribution in [0, 0.1) is 0 Å². The van der Waals surface area contributed by atoms with E-state index in [9.17, 15) is 13.6 Å². The summed E-state index contributed by atoms with van der Waals surface area (Å²) in [7, 11) is 0. The normalized spacial score (nSPS) is 15.7. The number of allylic oxidation sites excluding steroid dienone is 3. The third-order valence-corrected chi connectivity index (χ3v) is 3.12. The van der Waals surface area contributed by atoms with Gasteiger partial charge in [-0.15, -0.1) is 0 Å². The first-order valence-electron chi connectivity index (χ1n) is 6.25.